The molecule has 3 aromatic rings. The number of anilines is 5. The van der Waals surface area contributed by atoms with Crippen molar-refractivity contribution in [3.8, 4) is 0 Å². The highest BCUT2D eigenvalue weighted by molar-refractivity contribution is 5.99. The van der Waals surface area contributed by atoms with Gasteiger partial charge in [0.05, 0.1) is 0 Å². The van der Waals surface area contributed by atoms with Gasteiger partial charge in [-0.2, -0.15) is 4.98 Å². The number of nitrogens with one attached hydrogen (secondary N) is 3. The van der Waals surface area contributed by atoms with E-state index in [1.807, 2.05) is 18.2 Å². The Morgan fingerprint density at radius 3 is 2.42 bits per heavy atom. The Balaban J connectivity index is 1.26. The van der Waals surface area contributed by atoms with Crippen molar-refractivity contribution in [2.75, 3.05) is 55.3 Å². The minimum absolute atomic E-state index is 0.289. The Hall–Kier alpha value is -3.98. The summed E-state index contributed by atoms with van der Waals surface area (Å²) in [6, 6.07) is 13.9. The van der Waals surface area contributed by atoms with E-state index >= 15 is 0 Å². The van der Waals surface area contributed by atoms with Crippen LogP contribution in [0.2, 0.25) is 0 Å². The maximum atomic E-state index is 12.7. The Morgan fingerprint density at radius 2 is 1.74 bits per heavy atom. The molecular weight excluding hydrogens is 476 g/mol. The molecule has 2 aliphatic heterocycles. The van der Waals surface area contributed by atoms with Crippen LogP contribution in [0.5, 0.6) is 0 Å². The monoisotopic (exact) mass is 512 g/mol. The molecule has 198 valence electrons. The van der Waals surface area contributed by atoms with Gasteiger partial charge in [0, 0.05) is 43.4 Å². The van der Waals surface area contributed by atoms with E-state index in [2.05, 4.69) is 78.6 Å². The zero-order valence-corrected chi connectivity index (χ0v) is 22.0. The number of aromatic nitrogens is 3. The molecule has 38 heavy (non-hydrogen) atoms. The van der Waals surface area contributed by atoms with Gasteiger partial charge in [-0.25, -0.2) is 9.97 Å². The van der Waals surface area contributed by atoms with E-state index in [4.69, 9.17) is 0 Å². The molecule has 1 spiro atoms. The topological polar surface area (TPSA) is 98.3 Å². The summed E-state index contributed by atoms with van der Waals surface area (Å²) in [7, 11) is 2.23. The number of benzene rings is 1. The molecule has 0 bridgehead atoms. The Morgan fingerprint density at radius 1 is 1.00 bits per heavy atom. The fourth-order valence-electron chi connectivity index (χ4n) is 5.24. The van der Waals surface area contributed by atoms with Crippen LogP contribution >= 0.6 is 0 Å². The number of hydrogen-bond donors (Lipinski definition) is 3. The van der Waals surface area contributed by atoms with Crippen molar-refractivity contribution in [2.24, 2.45) is 5.41 Å². The van der Waals surface area contributed by atoms with E-state index < -0.39 is 0 Å². The van der Waals surface area contributed by atoms with Crippen LogP contribution in [0.4, 0.5) is 29.0 Å². The molecule has 0 unspecified atom stereocenters. The minimum atomic E-state index is -0.289. The van der Waals surface area contributed by atoms with E-state index in [1.54, 1.807) is 12.3 Å². The quantitative estimate of drug-likeness (QED) is 0.377. The molecule has 2 aromatic heterocycles. The van der Waals surface area contributed by atoms with Crippen molar-refractivity contribution >= 4 is 34.9 Å². The third-order valence-electron chi connectivity index (χ3n) is 7.71. The van der Waals surface area contributed by atoms with Crippen LogP contribution in [0.25, 0.3) is 0 Å². The van der Waals surface area contributed by atoms with Crippen molar-refractivity contribution in [3.63, 3.8) is 0 Å². The van der Waals surface area contributed by atoms with Crippen LogP contribution < -0.4 is 20.9 Å². The predicted octanol–water partition coefficient (Wildman–Crippen LogP) is 4.59. The van der Waals surface area contributed by atoms with Crippen LogP contribution in [-0.2, 0) is 0 Å². The lowest BCUT2D eigenvalue weighted by Crippen LogP contribution is -2.46. The van der Waals surface area contributed by atoms with E-state index in [0.29, 0.717) is 35.1 Å². The second-order valence-corrected chi connectivity index (χ2v) is 10.3. The summed E-state index contributed by atoms with van der Waals surface area (Å²) in [6.07, 6.45) is 10.0. The maximum absolute atomic E-state index is 12.7. The number of amides is 1. The second-order valence-electron chi connectivity index (χ2n) is 10.3. The van der Waals surface area contributed by atoms with Gasteiger partial charge in [-0.3, -0.25) is 4.79 Å². The standard InChI is InChI=1S/C29H36N8O/c1-3-15-31-27(38)24-21-32-28(35-26(24)34-25-6-4-5-16-30-25)33-22-7-9-23(10-8-22)37-19-13-29(14-20-37)11-17-36(2)18-12-29/h3-10,16,21H,1,11-15,17-20H2,2H3,(H,31,38)(H2,30,32,33,34,35). The van der Waals surface area contributed by atoms with Gasteiger partial charge in [0.25, 0.3) is 5.91 Å². The molecule has 0 atom stereocenters. The molecule has 2 saturated heterocycles. The average Bonchev–Trinajstić information content (AvgIpc) is 2.95. The van der Waals surface area contributed by atoms with Crippen molar-refractivity contribution in [1.29, 1.82) is 0 Å². The van der Waals surface area contributed by atoms with Crippen molar-refractivity contribution in [3.05, 3.63) is 73.1 Å². The summed E-state index contributed by atoms with van der Waals surface area (Å²) < 4.78 is 0. The lowest BCUT2D eigenvalue weighted by molar-refractivity contribution is 0.0944. The molecule has 9 nitrogen and oxygen atoms in total. The van der Waals surface area contributed by atoms with Gasteiger partial charge in [0.1, 0.15) is 17.2 Å². The summed E-state index contributed by atoms with van der Waals surface area (Å²) in [5, 5.41) is 9.18. The fraction of sp³-hybridized carbons (Fsp3) is 0.379. The van der Waals surface area contributed by atoms with Crippen LogP contribution in [-0.4, -0.2) is 65.5 Å². The largest absolute Gasteiger partial charge is 0.371 e. The number of likely N-dealkylation sites (tertiary alicyclic amines) is 1. The van der Waals surface area contributed by atoms with Crippen LogP contribution in [0.3, 0.4) is 0 Å². The molecule has 5 rings (SSSR count). The minimum Gasteiger partial charge on any atom is -0.371 e. The van der Waals surface area contributed by atoms with E-state index in [0.717, 1.165) is 18.8 Å². The summed E-state index contributed by atoms with van der Waals surface area (Å²) in [6.45, 7) is 8.67. The van der Waals surface area contributed by atoms with Gasteiger partial charge in [0.15, 0.2) is 0 Å². The van der Waals surface area contributed by atoms with E-state index in [9.17, 15) is 4.79 Å². The smallest absolute Gasteiger partial charge is 0.256 e. The highest BCUT2D eigenvalue weighted by atomic mass is 16.1. The molecular formula is C29H36N8O. The van der Waals surface area contributed by atoms with Crippen LogP contribution in [0, 0.1) is 5.41 Å². The first-order valence-electron chi connectivity index (χ1n) is 13.3. The van der Waals surface area contributed by atoms with Crippen molar-refractivity contribution in [1.82, 2.24) is 25.2 Å². The molecule has 4 heterocycles. The van der Waals surface area contributed by atoms with Gasteiger partial charge in [0.2, 0.25) is 5.95 Å². The van der Waals surface area contributed by atoms with E-state index in [1.165, 1.54) is 50.7 Å². The predicted molar refractivity (Wildman–Crippen MR) is 152 cm³/mol. The molecule has 0 radical (unpaired) electrons. The Kier molecular flexibility index (Phi) is 7.83. The Labute approximate surface area is 224 Å². The lowest BCUT2D eigenvalue weighted by atomic mass is 9.71. The highest BCUT2D eigenvalue weighted by Gasteiger charge is 2.36. The second kappa shape index (κ2) is 11.6. The summed E-state index contributed by atoms with van der Waals surface area (Å²) in [5.74, 6) is 1.06. The van der Waals surface area contributed by atoms with Crippen LogP contribution in [0.1, 0.15) is 36.0 Å². The number of carbonyl (C=O) groups excluding carboxylic acids is 1. The van der Waals surface area contributed by atoms with Crippen molar-refractivity contribution < 1.29 is 4.79 Å². The number of pyridine rings is 1. The van der Waals surface area contributed by atoms with Gasteiger partial charge in [-0.15, -0.1) is 6.58 Å². The zero-order valence-electron chi connectivity index (χ0n) is 22.0. The first-order valence-corrected chi connectivity index (χ1v) is 13.3. The molecule has 9 heteroatoms. The molecule has 1 aromatic carbocycles. The summed E-state index contributed by atoms with van der Waals surface area (Å²) in [5.41, 5.74) is 2.99. The number of nitrogens with zero attached hydrogens (tertiary/aromatic N) is 5. The van der Waals surface area contributed by atoms with Gasteiger partial charge in [-0.05, 0) is 87.6 Å². The number of carbonyl (C=O) groups is 1. The molecule has 1 amide bonds. The molecule has 3 N–H and O–H groups in total. The summed E-state index contributed by atoms with van der Waals surface area (Å²) >= 11 is 0. The molecule has 2 fully saturated rings. The average molecular weight is 513 g/mol. The highest BCUT2D eigenvalue weighted by Crippen LogP contribution is 2.42. The lowest BCUT2D eigenvalue weighted by Gasteiger charge is -2.46. The normalized spacial score (nSPS) is 17.1. The van der Waals surface area contributed by atoms with E-state index in [-0.39, 0.29) is 5.91 Å². The zero-order chi connectivity index (χ0) is 26.4. The molecule has 0 saturated carbocycles. The van der Waals surface area contributed by atoms with Crippen LogP contribution in [0.15, 0.2) is 67.5 Å². The number of piperidine rings is 2. The first-order chi connectivity index (χ1) is 18.5. The van der Waals surface area contributed by atoms with Gasteiger partial charge >= 0.3 is 0 Å². The Bertz CT molecular complexity index is 1230. The summed E-state index contributed by atoms with van der Waals surface area (Å²) in [4.78, 5) is 30.9. The number of hydrogen-bond acceptors (Lipinski definition) is 8. The fourth-order valence-corrected chi connectivity index (χ4v) is 5.24. The van der Waals surface area contributed by atoms with Crippen molar-refractivity contribution in [2.45, 2.75) is 25.7 Å². The maximum Gasteiger partial charge on any atom is 0.256 e. The molecule has 2 aliphatic rings. The first kappa shape index (κ1) is 25.7. The van der Waals surface area contributed by atoms with Gasteiger partial charge in [-0.1, -0.05) is 12.1 Å². The number of rotatable bonds is 8. The van der Waals surface area contributed by atoms with Gasteiger partial charge < -0.3 is 25.8 Å². The third-order valence-corrected chi connectivity index (χ3v) is 7.71. The third kappa shape index (κ3) is 6.11. The molecule has 0 aliphatic carbocycles. The SMILES string of the molecule is C=CCNC(=O)c1cnc(Nc2ccc(N3CCC4(CCN(C)CC4)CC3)cc2)nc1Nc1ccccn1.